The molecule has 0 atom stereocenters. The van der Waals surface area contributed by atoms with Crippen LogP contribution in [0.2, 0.25) is 0 Å². The van der Waals surface area contributed by atoms with Crippen molar-refractivity contribution < 1.29 is 0 Å². The Morgan fingerprint density at radius 1 is 1.25 bits per heavy atom. The Bertz CT molecular complexity index is 447. The second-order valence-electron chi connectivity index (χ2n) is 6.07. The average Bonchev–Trinajstić information content (AvgIpc) is 2.47. The van der Waals surface area contributed by atoms with Crippen molar-refractivity contribution in [2.75, 3.05) is 7.05 Å². The summed E-state index contributed by atoms with van der Waals surface area (Å²) < 4.78 is 0. The van der Waals surface area contributed by atoms with Crippen molar-refractivity contribution in [2.45, 2.75) is 51.6 Å². The summed E-state index contributed by atoms with van der Waals surface area (Å²) in [6.07, 6.45) is 6.65. The van der Waals surface area contributed by atoms with Crippen LogP contribution in [0, 0.1) is 11.3 Å². The maximum atomic E-state index is 7.68. The van der Waals surface area contributed by atoms with Gasteiger partial charge in [-0.05, 0) is 44.2 Å². The van der Waals surface area contributed by atoms with Crippen molar-refractivity contribution in [2.24, 2.45) is 11.7 Å². The van der Waals surface area contributed by atoms with E-state index in [1.165, 1.54) is 37.7 Å². The van der Waals surface area contributed by atoms with E-state index in [2.05, 4.69) is 24.9 Å². The fourth-order valence-electron chi connectivity index (χ4n) is 3.31. The molecule has 0 saturated heterocycles. The molecule has 3 nitrogen and oxygen atoms in total. The average molecular weight is 273 g/mol. The molecule has 0 spiro atoms. The molecule has 1 fully saturated rings. The van der Waals surface area contributed by atoms with E-state index in [1.54, 1.807) is 0 Å². The Morgan fingerprint density at radius 3 is 2.50 bits per heavy atom. The molecule has 2 rings (SSSR count). The number of nitrogen functional groups attached to an aromatic ring is 1. The highest BCUT2D eigenvalue weighted by Gasteiger charge is 2.23. The number of nitrogens with two attached hydrogens (primary N) is 1. The van der Waals surface area contributed by atoms with Gasteiger partial charge < -0.3 is 5.73 Å². The first-order chi connectivity index (χ1) is 9.61. The first-order valence-corrected chi connectivity index (χ1v) is 7.74. The van der Waals surface area contributed by atoms with E-state index < -0.39 is 0 Å². The smallest absolute Gasteiger partial charge is 0.123 e. The normalized spacial score (nSPS) is 22.9. The SMILES string of the molecule is CCC1CCC(N(C)Cc2ccccc2C(=N)N)CC1. The Morgan fingerprint density at radius 2 is 1.90 bits per heavy atom. The number of nitrogens with one attached hydrogen (secondary N) is 1. The monoisotopic (exact) mass is 273 g/mol. The van der Waals surface area contributed by atoms with Gasteiger partial charge in [0.1, 0.15) is 5.84 Å². The van der Waals surface area contributed by atoms with Gasteiger partial charge in [-0.1, -0.05) is 37.6 Å². The van der Waals surface area contributed by atoms with E-state index in [0.29, 0.717) is 6.04 Å². The lowest BCUT2D eigenvalue weighted by atomic mass is 9.84. The zero-order valence-corrected chi connectivity index (χ0v) is 12.7. The molecule has 1 aromatic carbocycles. The highest BCUT2D eigenvalue weighted by molar-refractivity contribution is 5.96. The molecule has 0 bridgehead atoms. The van der Waals surface area contributed by atoms with Gasteiger partial charge in [-0.3, -0.25) is 10.3 Å². The Labute approximate surface area is 122 Å². The standard InChI is InChI=1S/C17H27N3/c1-3-13-8-10-15(11-9-13)20(2)12-14-6-4-5-7-16(14)17(18)19/h4-7,13,15H,3,8-12H2,1-2H3,(H3,18,19). The number of hydrogen-bond donors (Lipinski definition) is 2. The third kappa shape index (κ3) is 3.60. The maximum absolute atomic E-state index is 7.68. The fourth-order valence-corrected chi connectivity index (χ4v) is 3.31. The summed E-state index contributed by atoms with van der Waals surface area (Å²) in [5.41, 5.74) is 7.71. The molecule has 0 heterocycles. The molecule has 0 aliphatic heterocycles. The highest BCUT2D eigenvalue weighted by Crippen LogP contribution is 2.29. The van der Waals surface area contributed by atoms with Crippen molar-refractivity contribution >= 4 is 5.84 Å². The van der Waals surface area contributed by atoms with Crippen LogP contribution >= 0.6 is 0 Å². The first kappa shape index (κ1) is 15.0. The summed E-state index contributed by atoms with van der Waals surface area (Å²) in [6, 6.07) is 8.69. The fraction of sp³-hybridized carbons (Fsp3) is 0.588. The first-order valence-electron chi connectivity index (χ1n) is 7.74. The van der Waals surface area contributed by atoms with Gasteiger partial charge in [0.05, 0.1) is 0 Å². The van der Waals surface area contributed by atoms with E-state index in [9.17, 15) is 0 Å². The van der Waals surface area contributed by atoms with Crippen LogP contribution in [-0.4, -0.2) is 23.8 Å². The lowest BCUT2D eigenvalue weighted by Gasteiger charge is -2.34. The second-order valence-corrected chi connectivity index (χ2v) is 6.07. The molecule has 3 heteroatoms. The van der Waals surface area contributed by atoms with Crippen LogP contribution in [0.4, 0.5) is 0 Å². The number of nitrogens with zero attached hydrogens (tertiary/aromatic N) is 1. The lowest BCUT2D eigenvalue weighted by molar-refractivity contribution is 0.157. The number of rotatable bonds is 5. The minimum absolute atomic E-state index is 0.170. The maximum Gasteiger partial charge on any atom is 0.123 e. The summed E-state index contributed by atoms with van der Waals surface area (Å²) in [4.78, 5) is 2.44. The highest BCUT2D eigenvalue weighted by atomic mass is 15.1. The van der Waals surface area contributed by atoms with Gasteiger partial charge in [0, 0.05) is 18.2 Å². The third-order valence-corrected chi connectivity index (χ3v) is 4.74. The van der Waals surface area contributed by atoms with E-state index in [1.807, 2.05) is 18.2 Å². The van der Waals surface area contributed by atoms with Crippen LogP contribution in [0.1, 0.15) is 50.2 Å². The quantitative estimate of drug-likeness (QED) is 0.638. The van der Waals surface area contributed by atoms with Gasteiger partial charge in [0.15, 0.2) is 0 Å². The molecule has 1 aromatic rings. The van der Waals surface area contributed by atoms with Crippen molar-refractivity contribution in [1.82, 2.24) is 4.90 Å². The molecule has 1 saturated carbocycles. The third-order valence-electron chi connectivity index (χ3n) is 4.74. The summed E-state index contributed by atoms with van der Waals surface area (Å²) in [7, 11) is 2.20. The van der Waals surface area contributed by atoms with Gasteiger partial charge in [-0.2, -0.15) is 0 Å². The summed E-state index contributed by atoms with van der Waals surface area (Å²) in [6.45, 7) is 3.19. The zero-order valence-electron chi connectivity index (χ0n) is 12.7. The van der Waals surface area contributed by atoms with E-state index >= 15 is 0 Å². The van der Waals surface area contributed by atoms with Crippen molar-refractivity contribution in [3.05, 3.63) is 35.4 Å². The number of amidine groups is 1. The lowest BCUT2D eigenvalue weighted by Crippen LogP contribution is -2.35. The molecule has 20 heavy (non-hydrogen) atoms. The molecule has 0 amide bonds. The summed E-state index contributed by atoms with van der Waals surface area (Å²) in [5, 5.41) is 7.68. The number of hydrogen-bond acceptors (Lipinski definition) is 2. The van der Waals surface area contributed by atoms with Crippen LogP contribution in [0.5, 0.6) is 0 Å². The van der Waals surface area contributed by atoms with E-state index in [4.69, 9.17) is 11.1 Å². The van der Waals surface area contributed by atoms with Gasteiger partial charge in [-0.25, -0.2) is 0 Å². The Kier molecular flexibility index (Phi) is 5.18. The van der Waals surface area contributed by atoms with Gasteiger partial charge in [0.2, 0.25) is 0 Å². The Hall–Kier alpha value is -1.35. The molecule has 0 aromatic heterocycles. The summed E-state index contributed by atoms with van der Waals surface area (Å²) >= 11 is 0. The minimum atomic E-state index is 0.170. The van der Waals surface area contributed by atoms with Crippen LogP contribution in [0.25, 0.3) is 0 Å². The van der Waals surface area contributed by atoms with Crippen LogP contribution in [-0.2, 0) is 6.54 Å². The number of benzene rings is 1. The predicted octanol–water partition coefficient (Wildman–Crippen LogP) is 3.37. The van der Waals surface area contributed by atoms with Crippen molar-refractivity contribution in [3.8, 4) is 0 Å². The van der Waals surface area contributed by atoms with E-state index in [0.717, 1.165) is 18.0 Å². The van der Waals surface area contributed by atoms with Crippen molar-refractivity contribution in [3.63, 3.8) is 0 Å². The van der Waals surface area contributed by atoms with Crippen LogP contribution in [0.3, 0.4) is 0 Å². The van der Waals surface area contributed by atoms with Crippen molar-refractivity contribution in [1.29, 1.82) is 5.41 Å². The van der Waals surface area contributed by atoms with Crippen LogP contribution < -0.4 is 5.73 Å². The largest absolute Gasteiger partial charge is 0.384 e. The van der Waals surface area contributed by atoms with Crippen LogP contribution in [0.15, 0.2) is 24.3 Å². The second kappa shape index (κ2) is 6.89. The van der Waals surface area contributed by atoms with Gasteiger partial charge in [0.25, 0.3) is 0 Å². The molecule has 1 aliphatic carbocycles. The molecule has 110 valence electrons. The van der Waals surface area contributed by atoms with Gasteiger partial charge in [-0.15, -0.1) is 0 Å². The molecule has 0 unspecified atom stereocenters. The van der Waals surface area contributed by atoms with Gasteiger partial charge >= 0.3 is 0 Å². The molecular formula is C17H27N3. The molecular weight excluding hydrogens is 246 g/mol. The van der Waals surface area contributed by atoms with E-state index in [-0.39, 0.29) is 5.84 Å². The Balaban J connectivity index is 1.98. The molecule has 1 aliphatic rings. The topological polar surface area (TPSA) is 53.1 Å². The molecule has 3 N–H and O–H groups in total. The predicted molar refractivity (Wildman–Crippen MR) is 85.0 cm³/mol. The summed E-state index contributed by atoms with van der Waals surface area (Å²) in [5.74, 6) is 1.10. The zero-order chi connectivity index (χ0) is 14.5. The molecule has 0 radical (unpaired) electrons. The minimum Gasteiger partial charge on any atom is -0.384 e.